The van der Waals surface area contributed by atoms with Gasteiger partial charge < -0.3 is 19.4 Å². The molecule has 1 amide bonds. The molecule has 0 radical (unpaired) electrons. The minimum absolute atomic E-state index is 0.0457. The summed E-state index contributed by atoms with van der Waals surface area (Å²) in [5, 5.41) is 11.5. The van der Waals surface area contributed by atoms with Crippen LogP contribution in [0.1, 0.15) is 35.9 Å². The number of aromatic nitrogens is 2. The fraction of sp³-hybridized carbons (Fsp3) is 0.429. The average molecular weight is 307 g/mol. The molecule has 2 heterocycles. The van der Waals surface area contributed by atoms with E-state index in [1.807, 2.05) is 0 Å². The summed E-state index contributed by atoms with van der Waals surface area (Å²) in [6.07, 6.45) is 1.58. The molecule has 2 aromatic heterocycles. The number of carbonyl (C=O) groups excluding carboxylic acids is 1. The topological polar surface area (TPSA) is 114 Å². The average Bonchev–Trinajstić information content (AvgIpc) is 2.78. The number of carboxylic acid groups (broad SMARTS) is 1. The molecular weight excluding hydrogens is 290 g/mol. The number of carboxylic acids is 1. The first-order valence-corrected chi connectivity index (χ1v) is 6.78. The maximum atomic E-state index is 12.4. The Bertz CT molecular complexity index is 790. The van der Waals surface area contributed by atoms with Crippen molar-refractivity contribution in [2.45, 2.75) is 32.7 Å². The van der Waals surface area contributed by atoms with E-state index >= 15 is 0 Å². The third kappa shape index (κ3) is 3.00. The predicted molar refractivity (Wildman–Crippen MR) is 77.8 cm³/mol. The number of nitrogens with zero attached hydrogens (tertiary/aromatic N) is 2. The van der Waals surface area contributed by atoms with Crippen molar-refractivity contribution in [3.8, 4) is 0 Å². The molecule has 0 aliphatic rings. The van der Waals surface area contributed by atoms with Crippen LogP contribution in [0.15, 0.2) is 15.5 Å². The van der Waals surface area contributed by atoms with Crippen molar-refractivity contribution in [2.75, 3.05) is 0 Å². The van der Waals surface area contributed by atoms with Crippen LogP contribution in [0.3, 0.4) is 0 Å². The van der Waals surface area contributed by atoms with Crippen LogP contribution in [-0.2, 0) is 11.8 Å². The third-order valence-electron chi connectivity index (χ3n) is 3.34. The largest absolute Gasteiger partial charge is 0.481 e. The molecule has 1 unspecified atom stereocenters. The van der Waals surface area contributed by atoms with Gasteiger partial charge in [0.15, 0.2) is 0 Å². The molecule has 0 bridgehead atoms. The van der Waals surface area contributed by atoms with E-state index in [0.29, 0.717) is 12.2 Å². The van der Waals surface area contributed by atoms with Crippen LogP contribution in [0.4, 0.5) is 0 Å². The Morgan fingerprint density at radius 2 is 2.18 bits per heavy atom. The molecule has 8 nitrogen and oxygen atoms in total. The summed E-state index contributed by atoms with van der Waals surface area (Å²) in [7, 11) is 1.54. The van der Waals surface area contributed by atoms with E-state index in [2.05, 4.69) is 10.3 Å². The van der Waals surface area contributed by atoms with Gasteiger partial charge in [-0.1, -0.05) is 0 Å². The van der Waals surface area contributed by atoms with Crippen LogP contribution in [0.5, 0.6) is 0 Å². The number of furan rings is 1. The second-order valence-corrected chi connectivity index (χ2v) is 5.18. The van der Waals surface area contributed by atoms with Crippen LogP contribution in [0.2, 0.25) is 0 Å². The third-order valence-corrected chi connectivity index (χ3v) is 3.34. The normalized spacial score (nSPS) is 12.3. The van der Waals surface area contributed by atoms with Crippen LogP contribution < -0.4 is 10.9 Å². The van der Waals surface area contributed by atoms with Gasteiger partial charge in [-0.25, -0.2) is 4.98 Å². The van der Waals surface area contributed by atoms with Gasteiger partial charge in [0.2, 0.25) is 5.71 Å². The van der Waals surface area contributed by atoms with E-state index in [9.17, 15) is 14.4 Å². The van der Waals surface area contributed by atoms with E-state index < -0.39 is 11.9 Å². The number of carbonyl (C=O) groups is 2. The van der Waals surface area contributed by atoms with Gasteiger partial charge in [-0.05, 0) is 20.3 Å². The Labute approximate surface area is 125 Å². The Kier molecular flexibility index (Phi) is 4.30. The number of nitrogens with one attached hydrogen (secondary N) is 1. The SMILES string of the molecule is Cc1oc2ncn(C)c(=O)c2c1C(=O)NC(C)CCC(=O)O. The molecule has 0 saturated heterocycles. The lowest BCUT2D eigenvalue weighted by Gasteiger charge is -2.12. The lowest BCUT2D eigenvalue weighted by molar-refractivity contribution is -0.137. The molecule has 22 heavy (non-hydrogen) atoms. The van der Waals surface area contributed by atoms with Crippen LogP contribution >= 0.6 is 0 Å². The maximum absolute atomic E-state index is 12.4. The minimum atomic E-state index is -0.927. The van der Waals surface area contributed by atoms with E-state index in [1.165, 1.54) is 17.9 Å². The molecule has 2 rings (SSSR count). The highest BCUT2D eigenvalue weighted by molar-refractivity contribution is 6.06. The Balaban J connectivity index is 2.32. The standard InChI is InChI=1S/C14H17N3O5/c1-7(4-5-9(18)19)16-12(20)10-8(2)22-13-11(10)14(21)17(3)6-15-13/h6-7H,4-5H2,1-3H3,(H,16,20)(H,18,19). The number of hydrogen-bond donors (Lipinski definition) is 2. The van der Waals surface area contributed by atoms with Crippen molar-refractivity contribution in [2.24, 2.45) is 7.05 Å². The van der Waals surface area contributed by atoms with Crippen LogP contribution in [0, 0.1) is 6.92 Å². The second kappa shape index (κ2) is 6.00. The number of rotatable bonds is 5. The van der Waals surface area contributed by atoms with Gasteiger partial charge >= 0.3 is 5.97 Å². The van der Waals surface area contributed by atoms with Gasteiger partial charge in [0.25, 0.3) is 11.5 Å². The van der Waals surface area contributed by atoms with E-state index in [1.54, 1.807) is 13.8 Å². The van der Waals surface area contributed by atoms with Gasteiger partial charge in [-0.15, -0.1) is 0 Å². The van der Waals surface area contributed by atoms with Crippen molar-refractivity contribution < 1.29 is 19.1 Å². The molecule has 2 N–H and O–H groups in total. The quantitative estimate of drug-likeness (QED) is 0.845. The fourth-order valence-electron chi connectivity index (χ4n) is 2.17. The summed E-state index contributed by atoms with van der Waals surface area (Å²) in [5.41, 5.74) is -0.111. The summed E-state index contributed by atoms with van der Waals surface area (Å²) in [6, 6.07) is -0.339. The lowest BCUT2D eigenvalue weighted by atomic mass is 10.1. The van der Waals surface area contributed by atoms with E-state index in [0.717, 1.165) is 0 Å². The van der Waals surface area contributed by atoms with Gasteiger partial charge in [-0.3, -0.25) is 14.4 Å². The second-order valence-electron chi connectivity index (χ2n) is 5.18. The first-order valence-electron chi connectivity index (χ1n) is 6.78. The van der Waals surface area contributed by atoms with Gasteiger partial charge in [0.05, 0.1) is 5.56 Å². The number of aliphatic carboxylic acids is 1. The molecule has 0 fully saturated rings. The summed E-state index contributed by atoms with van der Waals surface area (Å²) in [6.45, 7) is 3.28. The molecule has 0 saturated carbocycles. The smallest absolute Gasteiger partial charge is 0.303 e. The van der Waals surface area contributed by atoms with Crippen molar-refractivity contribution >= 4 is 23.0 Å². The van der Waals surface area contributed by atoms with E-state index in [-0.39, 0.29) is 34.7 Å². The van der Waals surface area contributed by atoms with Crippen molar-refractivity contribution in [1.82, 2.24) is 14.9 Å². The molecule has 0 aromatic carbocycles. The summed E-state index contributed by atoms with van der Waals surface area (Å²) < 4.78 is 6.62. The molecular formula is C14H17N3O5. The summed E-state index contributed by atoms with van der Waals surface area (Å²) in [4.78, 5) is 39.1. The number of hydrogen-bond acceptors (Lipinski definition) is 5. The number of aryl methyl sites for hydroxylation is 2. The molecule has 0 spiro atoms. The highest BCUT2D eigenvalue weighted by Gasteiger charge is 2.23. The van der Waals surface area contributed by atoms with Crippen molar-refractivity contribution in [3.63, 3.8) is 0 Å². The van der Waals surface area contributed by atoms with Crippen LogP contribution in [-0.4, -0.2) is 32.6 Å². The summed E-state index contributed by atoms with van der Waals surface area (Å²) >= 11 is 0. The molecule has 118 valence electrons. The van der Waals surface area contributed by atoms with Crippen molar-refractivity contribution in [1.29, 1.82) is 0 Å². The summed E-state index contributed by atoms with van der Waals surface area (Å²) in [5.74, 6) is -1.10. The van der Waals surface area contributed by atoms with Crippen molar-refractivity contribution in [3.05, 3.63) is 28.0 Å². The molecule has 2 aromatic rings. The van der Waals surface area contributed by atoms with Gasteiger partial charge in [-0.2, -0.15) is 0 Å². The van der Waals surface area contributed by atoms with Gasteiger partial charge in [0, 0.05) is 19.5 Å². The number of fused-ring (bicyclic) bond motifs is 1. The fourth-order valence-corrected chi connectivity index (χ4v) is 2.17. The Morgan fingerprint density at radius 1 is 1.50 bits per heavy atom. The Hall–Kier alpha value is -2.64. The lowest BCUT2D eigenvalue weighted by Crippen LogP contribution is -2.34. The number of amides is 1. The first-order chi connectivity index (χ1) is 10.3. The van der Waals surface area contributed by atoms with Crippen LogP contribution in [0.25, 0.3) is 11.1 Å². The highest BCUT2D eigenvalue weighted by Crippen LogP contribution is 2.20. The zero-order chi connectivity index (χ0) is 16.4. The monoisotopic (exact) mass is 307 g/mol. The Morgan fingerprint density at radius 3 is 2.82 bits per heavy atom. The predicted octanol–water partition coefficient (Wildman–Crippen LogP) is 0.818. The molecule has 8 heteroatoms. The minimum Gasteiger partial charge on any atom is -0.481 e. The molecule has 0 aliphatic carbocycles. The van der Waals surface area contributed by atoms with Gasteiger partial charge in [0.1, 0.15) is 17.5 Å². The zero-order valence-corrected chi connectivity index (χ0v) is 12.5. The first kappa shape index (κ1) is 15.7. The maximum Gasteiger partial charge on any atom is 0.303 e. The molecule has 1 atom stereocenters. The van der Waals surface area contributed by atoms with E-state index in [4.69, 9.17) is 9.52 Å². The highest BCUT2D eigenvalue weighted by atomic mass is 16.4. The zero-order valence-electron chi connectivity index (χ0n) is 12.5. The molecule has 0 aliphatic heterocycles.